The van der Waals surface area contributed by atoms with Crippen molar-refractivity contribution >= 4 is 103 Å². The normalized spacial score (nSPS) is 16.2. The first kappa shape index (κ1) is 44.4. The lowest BCUT2D eigenvalue weighted by molar-refractivity contribution is -0.153. The molecule has 1 unspecified atom stereocenters. The van der Waals surface area contributed by atoms with E-state index in [1.54, 1.807) is 36.8 Å². The van der Waals surface area contributed by atoms with Crippen LogP contribution in [0.15, 0.2) is 146 Å². The lowest BCUT2D eigenvalue weighted by Crippen LogP contribution is -2.71. The molecule has 4 aromatic carbocycles. The number of oxime groups is 1. The molecule has 4 heterocycles. The van der Waals surface area contributed by atoms with Crippen molar-refractivity contribution in [2.24, 2.45) is 5.16 Å². The number of alkyl halides is 1. The number of rotatable bonds is 18. The number of hydrogen-bond donors (Lipinski definition) is 2. The maximum absolute atomic E-state index is 14.1. The quantitative estimate of drug-likeness (QED) is 0.0161. The van der Waals surface area contributed by atoms with Gasteiger partial charge in [0.15, 0.2) is 15.2 Å². The van der Waals surface area contributed by atoms with Crippen molar-refractivity contribution in [1.82, 2.24) is 24.6 Å². The van der Waals surface area contributed by atoms with E-state index in [9.17, 15) is 14.4 Å². The molecule has 0 aliphatic carbocycles. The first-order valence-electron chi connectivity index (χ1n) is 19.3. The van der Waals surface area contributed by atoms with E-state index in [0.29, 0.717) is 31.0 Å². The van der Waals surface area contributed by atoms with Crippen molar-refractivity contribution in [1.29, 1.82) is 0 Å². The van der Waals surface area contributed by atoms with Crippen molar-refractivity contribution in [3.8, 4) is 5.75 Å². The van der Waals surface area contributed by atoms with Gasteiger partial charge in [0.1, 0.15) is 47.8 Å². The highest BCUT2D eigenvalue weighted by Crippen LogP contribution is 2.46. The minimum Gasteiger partial charge on any atom is -0.497 e. The van der Waals surface area contributed by atoms with Gasteiger partial charge in [-0.05, 0) is 45.9 Å². The molecule has 2 aromatic heterocycles. The van der Waals surface area contributed by atoms with Crippen molar-refractivity contribution in [2.75, 3.05) is 36.4 Å². The number of anilines is 1. The van der Waals surface area contributed by atoms with Gasteiger partial charge in [-0.2, -0.15) is 4.37 Å². The molecule has 2 atom stereocenters. The average molecular weight is 1000 g/mol. The molecule has 8 rings (SSSR count). The molecule has 1 saturated heterocycles. The number of aromatic nitrogens is 3. The molecule has 2 N–H and O–H groups in total. The van der Waals surface area contributed by atoms with Crippen molar-refractivity contribution in [3.63, 3.8) is 0 Å². The summed E-state index contributed by atoms with van der Waals surface area (Å²) >= 11 is 10.2. The van der Waals surface area contributed by atoms with Crippen molar-refractivity contribution in [3.05, 3.63) is 159 Å². The number of thioether (sulfide) groups is 3. The molecule has 2 aliphatic rings. The van der Waals surface area contributed by atoms with Gasteiger partial charge in [-0.1, -0.05) is 148 Å². The summed E-state index contributed by atoms with van der Waals surface area (Å²) < 4.78 is 16.1. The number of benzene rings is 4. The van der Waals surface area contributed by atoms with Crippen LogP contribution in [-0.4, -0.2) is 85.2 Å². The number of halogens is 1. The highest BCUT2D eigenvalue weighted by atomic mass is 79.9. The molecule has 2 amide bonds. The van der Waals surface area contributed by atoms with Crippen LogP contribution in [-0.2, 0) is 36.1 Å². The Labute approximate surface area is 392 Å². The predicted molar refractivity (Wildman–Crippen MR) is 254 cm³/mol. The molecule has 0 saturated carbocycles. The highest BCUT2D eigenvalue weighted by molar-refractivity contribution is 9.09. The summed E-state index contributed by atoms with van der Waals surface area (Å²) in [5, 5.41) is 13.7. The predicted octanol–water partition coefficient (Wildman–Crippen LogP) is 8.39. The molecule has 13 nitrogen and oxygen atoms in total. The average Bonchev–Trinajstić information content (AvgIpc) is 4.00. The van der Waals surface area contributed by atoms with Gasteiger partial charge in [0, 0.05) is 27.1 Å². The number of thiazole rings is 1. The molecule has 2 aliphatic heterocycles. The van der Waals surface area contributed by atoms with Crippen LogP contribution in [0.4, 0.5) is 5.13 Å². The summed E-state index contributed by atoms with van der Waals surface area (Å²) in [5.41, 5.74) is 3.08. The van der Waals surface area contributed by atoms with E-state index in [2.05, 4.69) is 77.5 Å². The molecule has 63 heavy (non-hydrogen) atoms. The van der Waals surface area contributed by atoms with Crippen LogP contribution in [0.5, 0.6) is 5.75 Å². The third-order valence-electron chi connectivity index (χ3n) is 9.91. The summed E-state index contributed by atoms with van der Waals surface area (Å²) in [4.78, 5) is 58.8. The number of amides is 2. The van der Waals surface area contributed by atoms with Crippen LogP contribution in [0.2, 0.25) is 0 Å². The van der Waals surface area contributed by atoms with E-state index in [1.807, 2.05) is 54.6 Å². The van der Waals surface area contributed by atoms with E-state index >= 15 is 0 Å². The highest BCUT2D eigenvalue weighted by Gasteiger charge is 2.55. The van der Waals surface area contributed by atoms with Gasteiger partial charge in [-0.15, -0.1) is 23.1 Å². The minimum atomic E-state index is -0.979. The Kier molecular flexibility index (Phi) is 14.5. The maximum atomic E-state index is 14.1. The third-order valence-corrected chi connectivity index (χ3v) is 15.9. The Morgan fingerprint density at radius 2 is 1.57 bits per heavy atom. The van der Waals surface area contributed by atoms with Crippen LogP contribution in [0, 0.1) is 0 Å². The Balaban J connectivity index is 1.03. The molecule has 0 bridgehead atoms. The topological polar surface area (TPSA) is 157 Å². The van der Waals surface area contributed by atoms with Gasteiger partial charge in [0.2, 0.25) is 5.16 Å². The van der Waals surface area contributed by atoms with Crippen molar-refractivity contribution < 1.29 is 28.7 Å². The number of ether oxygens (including phenoxy) is 2. The molecular weight excluding hydrogens is 963 g/mol. The fourth-order valence-corrected chi connectivity index (χ4v) is 12.2. The van der Waals surface area contributed by atoms with E-state index in [-0.39, 0.29) is 23.7 Å². The van der Waals surface area contributed by atoms with E-state index in [1.165, 1.54) is 70.2 Å². The van der Waals surface area contributed by atoms with Gasteiger partial charge in [-0.25, -0.2) is 14.8 Å². The summed E-state index contributed by atoms with van der Waals surface area (Å²) in [6.07, 6.45) is 0. The van der Waals surface area contributed by atoms with Crippen LogP contribution in [0.3, 0.4) is 0 Å². The minimum absolute atomic E-state index is 0.0269. The number of nitrogens with one attached hydrogen (secondary N) is 2. The van der Waals surface area contributed by atoms with Crippen LogP contribution < -0.4 is 15.4 Å². The fraction of sp³-hybridized carbons (Fsp3) is 0.205. The number of esters is 1. The van der Waals surface area contributed by atoms with Crippen LogP contribution in [0.25, 0.3) is 0 Å². The molecule has 0 radical (unpaired) electrons. The second-order valence-corrected chi connectivity index (χ2v) is 19.6. The second-order valence-electron chi connectivity index (χ2n) is 13.7. The zero-order valence-corrected chi connectivity index (χ0v) is 39.3. The lowest BCUT2D eigenvalue weighted by atomic mass is 9.77. The number of hydrogen-bond acceptors (Lipinski definition) is 16. The monoisotopic (exact) mass is 999 g/mol. The Bertz CT molecular complexity index is 2520. The van der Waals surface area contributed by atoms with Crippen LogP contribution >= 0.6 is 74.1 Å². The van der Waals surface area contributed by atoms with Gasteiger partial charge >= 0.3 is 5.97 Å². The standard InChI is InChI=1S/C44H38BrN7O6S5/c1-56-31-20-18-27(19-21-31)24-58-40(55)36-33(62-43-48-42(51-63-43)59-23-22-45)26-60-39-35(38(54)52(36)39)47-37(53)34(50-57-2)32-25-61-41(46-32)49-44(28-12-6-3-7-13-28,29-14-8-4-9-15-29)30-16-10-5-11-17-30/h3-21,25,35,39H,22-24,26H2,1-2H3,(H,46,49)(H,47,53)/b50-34-/t35?,39-/m1/s1. The van der Waals surface area contributed by atoms with E-state index < -0.39 is 34.7 Å². The second kappa shape index (κ2) is 20.5. The van der Waals surface area contributed by atoms with E-state index in [0.717, 1.165) is 33.3 Å². The SMILES string of the molecule is CO/N=C(\C(=O)NC1C(=O)N2C(C(=O)OCc3ccc(OC)cc3)=C(Sc3nc(SCCBr)ns3)CS[C@H]12)c1csc(NC(c2ccccc2)(c2ccccc2)c2ccccc2)n1. The first-order valence-corrected chi connectivity index (χ1v) is 25.0. The summed E-state index contributed by atoms with van der Waals surface area (Å²) in [6.45, 7) is -0.0269. The molecular formula is C44H38BrN7O6S5. The molecule has 19 heteroatoms. The first-order chi connectivity index (χ1) is 30.8. The molecule has 1 fully saturated rings. The number of methoxy groups -OCH3 is 1. The summed E-state index contributed by atoms with van der Waals surface area (Å²) in [7, 11) is 2.92. The lowest BCUT2D eigenvalue weighted by Gasteiger charge is -2.49. The number of carbonyl (C=O) groups is 3. The number of carbonyl (C=O) groups excluding carboxylic acids is 3. The van der Waals surface area contributed by atoms with Gasteiger partial charge in [0.25, 0.3) is 11.8 Å². The smallest absolute Gasteiger partial charge is 0.356 e. The summed E-state index contributed by atoms with van der Waals surface area (Å²) in [5.74, 6) is 0.0178. The van der Waals surface area contributed by atoms with Crippen molar-refractivity contribution in [2.45, 2.75) is 33.1 Å². The zero-order chi connectivity index (χ0) is 43.8. The summed E-state index contributed by atoms with van der Waals surface area (Å²) in [6, 6.07) is 36.5. The number of nitrogens with zero attached hydrogens (tertiary/aromatic N) is 5. The Hall–Kier alpha value is -5.18. The van der Waals surface area contributed by atoms with E-state index in [4.69, 9.17) is 19.3 Å². The van der Waals surface area contributed by atoms with Gasteiger partial charge < -0.3 is 24.9 Å². The Morgan fingerprint density at radius 3 is 2.17 bits per heavy atom. The molecule has 0 spiro atoms. The van der Waals surface area contributed by atoms with Gasteiger partial charge in [0.05, 0.1) is 7.11 Å². The van der Waals surface area contributed by atoms with Crippen LogP contribution in [0.1, 0.15) is 27.9 Å². The number of β-lactam (4-membered cyclic amide) rings is 1. The molecule has 6 aromatic rings. The number of fused-ring (bicyclic) bond motifs is 1. The zero-order valence-electron chi connectivity index (χ0n) is 33.6. The van der Waals surface area contributed by atoms with Gasteiger partial charge in [-0.3, -0.25) is 14.5 Å². The molecule has 322 valence electrons. The fourth-order valence-electron chi connectivity index (χ4n) is 7.02. The maximum Gasteiger partial charge on any atom is 0.356 e. The largest absolute Gasteiger partial charge is 0.497 e. The Morgan fingerprint density at radius 1 is 0.921 bits per heavy atom. The third kappa shape index (κ3) is 9.68.